The van der Waals surface area contributed by atoms with Crippen LogP contribution in [0.5, 0.6) is 0 Å². The molecule has 1 saturated heterocycles. The Labute approximate surface area is 132 Å². The fourth-order valence-corrected chi connectivity index (χ4v) is 3.10. The van der Waals surface area contributed by atoms with Crippen molar-refractivity contribution in [1.29, 1.82) is 0 Å². The monoisotopic (exact) mass is 308 g/mol. The fourth-order valence-electron chi connectivity index (χ4n) is 2.93. The number of nitrogens with one attached hydrogen (secondary N) is 1. The van der Waals surface area contributed by atoms with Crippen LogP contribution < -0.4 is 10.2 Å². The Balaban J connectivity index is 1.96. The minimum atomic E-state index is 0.168. The third-order valence-corrected chi connectivity index (χ3v) is 5.01. The fraction of sp³-hybridized carbons (Fsp3) is 0.588. The lowest BCUT2D eigenvalue weighted by Crippen LogP contribution is -2.34. The zero-order valence-electron chi connectivity index (χ0n) is 13.2. The van der Waals surface area contributed by atoms with Gasteiger partial charge < -0.3 is 10.2 Å². The summed E-state index contributed by atoms with van der Waals surface area (Å²) in [5.74, 6) is 1.26. The molecule has 0 bridgehead atoms. The van der Waals surface area contributed by atoms with E-state index in [2.05, 4.69) is 12.2 Å². The summed E-state index contributed by atoms with van der Waals surface area (Å²) in [6.45, 7) is 6.32. The van der Waals surface area contributed by atoms with E-state index in [4.69, 9.17) is 11.6 Å². The van der Waals surface area contributed by atoms with Crippen LogP contribution in [0.15, 0.2) is 18.2 Å². The van der Waals surface area contributed by atoms with Gasteiger partial charge in [-0.3, -0.25) is 4.79 Å². The molecule has 0 spiro atoms. The molecule has 1 amide bonds. The Hall–Kier alpha value is -1.06. The van der Waals surface area contributed by atoms with Gasteiger partial charge in [0.15, 0.2) is 0 Å². The number of amides is 1. The molecule has 1 heterocycles. The molecule has 21 heavy (non-hydrogen) atoms. The molecule has 0 aromatic heterocycles. The first-order valence-electron chi connectivity index (χ1n) is 7.72. The van der Waals surface area contributed by atoms with Crippen molar-refractivity contribution in [2.45, 2.75) is 33.1 Å². The van der Waals surface area contributed by atoms with Crippen molar-refractivity contribution < 1.29 is 4.79 Å². The van der Waals surface area contributed by atoms with Crippen LogP contribution in [-0.2, 0) is 4.79 Å². The van der Waals surface area contributed by atoms with Gasteiger partial charge in [-0.25, -0.2) is 0 Å². The number of halogens is 1. The summed E-state index contributed by atoms with van der Waals surface area (Å²) >= 11 is 6.15. The van der Waals surface area contributed by atoms with Crippen molar-refractivity contribution in [3.63, 3.8) is 0 Å². The SMILES string of the molecule is Cc1ccc(N(C)C(=O)CC(C)C2CCNCC2)cc1Cl. The highest BCUT2D eigenvalue weighted by molar-refractivity contribution is 6.31. The van der Waals surface area contributed by atoms with Crippen LogP contribution in [0.2, 0.25) is 5.02 Å². The van der Waals surface area contributed by atoms with Crippen molar-refractivity contribution in [3.8, 4) is 0 Å². The maximum Gasteiger partial charge on any atom is 0.226 e. The molecular formula is C17H25ClN2O. The van der Waals surface area contributed by atoms with E-state index in [0.29, 0.717) is 23.3 Å². The van der Waals surface area contributed by atoms with Crippen LogP contribution >= 0.6 is 11.6 Å². The van der Waals surface area contributed by atoms with Crippen LogP contribution in [0.25, 0.3) is 0 Å². The lowest BCUT2D eigenvalue weighted by Gasteiger charge is -2.29. The highest BCUT2D eigenvalue weighted by Crippen LogP contribution is 2.27. The van der Waals surface area contributed by atoms with Crippen LogP contribution in [0.3, 0.4) is 0 Å². The van der Waals surface area contributed by atoms with E-state index in [1.165, 1.54) is 12.8 Å². The lowest BCUT2D eigenvalue weighted by molar-refractivity contribution is -0.119. The minimum absolute atomic E-state index is 0.168. The van der Waals surface area contributed by atoms with Crippen LogP contribution in [0.4, 0.5) is 5.69 Å². The second-order valence-corrected chi connectivity index (χ2v) is 6.56. The molecule has 0 saturated carbocycles. The molecule has 1 atom stereocenters. The lowest BCUT2D eigenvalue weighted by atomic mass is 9.84. The summed E-state index contributed by atoms with van der Waals surface area (Å²) in [5.41, 5.74) is 1.90. The topological polar surface area (TPSA) is 32.3 Å². The van der Waals surface area contributed by atoms with E-state index in [0.717, 1.165) is 24.3 Å². The number of rotatable bonds is 4. The Kier molecular flexibility index (Phi) is 5.65. The molecule has 1 N–H and O–H groups in total. The van der Waals surface area contributed by atoms with E-state index < -0.39 is 0 Å². The molecule has 0 radical (unpaired) electrons. The van der Waals surface area contributed by atoms with E-state index in [9.17, 15) is 4.79 Å². The maximum atomic E-state index is 12.5. The standard InChI is InChI=1S/C17H25ClN2O/c1-12-4-5-15(11-16(12)18)20(3)17(21)10-13(2)14-6-8-19-9-7-14/h4-5,11,13-14,19H,6-10H2,1-3H3. The van der Waals surface area contributed by atoms with Gasteiger partial charge in [-0.05, 0) is 62.4 Å². The molecule has 116 valence electrons. The van der Waals surface area contributed by atoms with Crippen LogP contribution in [0.1, 0.15) is 31.7 Å². The molecule has 4 heteroatoms. The van der Waals surface area contributed by atoms with Gasteiger partial charge >= 0.3 is 0 Å². The number of carbonyl (C=O) groups excluding carboxylic acids is 1. The van der Waals surface area contributed by atoms with Gasteiger partial charge in [0.05, 0.1) is 0 Å². The van der Waals surface area contributed by atoms with Crippen molar-refractivity contribution in [2.75, 3.05) is 25.0 Å². The van der Waals surface area contributed by atoms with Crippen molar-refractivity contribution in [1.82, 2.24) is 5.32 Å². The zero-order valence-corrected chi connectivity index (χ0v) is 13.9. The van der Waals surface area contributed by atoms with Crippen LogP contribution in [-0.4, -0.2) is 26.0 Å². The molecule has 1 aromatic carbocycles. The number of anilines is 1. The molecule has 1 aliphatic heterocycles. The Bertz CT molecular complexity index is 498. The molecule has 3 nitrogen and oxygen atoms in total. The van der Waals surface area contributed by atoms with Gasteiger partial charge in [0.1, 0.15) is 0 Å². The first-order valence-corrected chi connectivity index (χ1v) is 8.10. The second-order valence-electron chi connectivity index (χ2n) is 6.16. The minimum Gasteiger partial charge on any atom is -0.317 e. The number of hydrogen-bond acceptors (Lipinski definition) is 2. The molecule has 2 rings (SSSR count). The van der Waals surface area contributed by atoms with Gasteiger partial charge in [-0.1, -0.05) is 24.6 Å². The van der Waals surface area contributed by atoms with Crippen molar-refractivity contribution in [3.05, 3.63) is 28.8 Å². The number of benzene rings is 1. The van der Waals surface area contributed by atoms with E-state index in [-0.39, 0.29) is 5.91 Å². The number of nitrogens with zero attached hydrogens (tertiary/aromatic N) is 1. The third-order valence-electron chi connectivity index (χ3n) is 4.60. The molecule has 1 aromatic rings. The van der Waals surface area contributed by atoms with E-state index >= 15 is 0 Å². The highest BCUT2D eigenvalue weighted by atomic mass is 35.5. The summed E-state index contributed by atoms with van der Waals surface area (Å²) in [7, 11) is 1.83. The number of hydrogen-bond donors (Lipinski definition) is 1. The quantitative estimate of drug-likeness (QED) is 0.921. The molecular weight excluding hydrogens is 284 g/mol. The zero-order chi connectivity index (χ0) is 15.4. The number of carbonyl (C=O) groups is 1. The summed E-state index contributed by atoms with van der Waals surface area (Å²) < 4.78 is 0. The third kappa shape index (κ3) is 4.21. The normalized spacial score (nSPS) is 17.5. The summed E-state index contributed by atoms with van der Waals surface area (Å²) in [6.07, 6.45) is 2.95. The number of piperidine rings is 1. The largest absolute Gasteiger partial charge is 0.317 e. The highest BCUT2D eigenvalue weighted by Gasteiger charge is 2.23. The number of aryl methyl sites for hydroxylation is 1. The Morgan fingerprint density at radius 2 is 2.10 bits per heavy atom. The van der Waals surface area contributed by atoms with Gasteiger partial charge in [0, 0.05) is 24.2 Å². The van der Waals surface area contributed by atoms with Crippen LogP contribution in [0, 0.1) is 18.8 Å². The summed E-state index contributed by atoms with van der Waals surface area (Å²) in [6, 6.07) is 5.77. The van der Waals surface area contributed by atoms with Gasteiger partial charge in [-0.2, -0.15) is 0 Å². The smallest absolute Gasteiger partial charge is 0.226 e. The maximum absolute atomic E-state index is 12.5. The second kappa shape index (κ2) is 7.28. The van der Waals surface area contributed by atoms with E-state index in [1.54, 1.807) is 4.90 Å². The predicted octanol–water partition coefficient (Wildman–Crippen LogP) is 3.64. The molecule has 1 fully saturated rings. The summed E-state index contributed by atoms with van der Waals surface area (Å²) in [5, 5.41) is 4.08. The van der Waals surface area contributed by atoms with Crippen molar-refractivity contribution in [2.24, 2.45) is 11.8 Å². The molecule has 1 aliphatic rings. The summed E-state index contributed by atoms with van der Waals surface area (Å²) in [4.78, 5) is 14.2. The van der Waals surface area contributed by atoms with Gasteiger partial charge in [0.25, 0.3) is 0 Å². The molecule has 0 aliphatic carbocycles. The van der Waals surface area contributed by atoms with E-state index in [1.807, 2.05) is 32.2 Å². The average molecular weight is 309 g/mol. The Morgan fingerprint density at radius 1 is 1.43 bits per heavy atom. The van der Waals surface area contributed by atoms with Gasteiger partial charge in [-0.15, -0.1) is 0 Å². The first kappa shape index (κ1) is 16.3. The van der Waals surface area contributed by atoms with Gasteiger partial charge in [0.2, 0.25) is 5.91 Å². The average Bonchev–Trinajstić information content (AvgIpc) is 2.50. The Morgan fingerprint density at radius 3 is 2.71 bits per heavy atom. The first-order chi connectivity index (χ1) is 9.99. The van der Waals surface area contributed by atoms with Crippen molar-refractivity contribution >= 4 is 23.2 Å². The predicted molar refractivity (Wildman–Crippen MR) is 89.0 cm³/mol. The molecule has 1 unspecified atom stereocenters.